The van der Waals surface area contributed by atoms with E-state index in [-0.39, 0.29) is 60.7 Å². The van der Waals surface area contributed by atoms with E-state index in [9.17, 15) is 24.3 Å². The Hall–Kier alpha value is -4.53. The summed E-state index contributed by atoms with van der Waals surface area (Å²) in [7, 11) is 0. The largest absolute Gasteiger partial charge is 0.511 e. The van der Waals surface area contributed by atoms with Gasteiger partial charge in [-0.1, -0.05) is 18.2 Å². The van der Waals surface area contributed by atoms with Crippen LogP contribution < -0.4 is 5.32 Å². The Balaban J connectivity index is 1.25. The van der Waals surface area contributed by atoms with Gasteiger partial charge in [-0.05, 0) is 42.2 Å². The summed E-state index contributed by atoms with van der Waals surface area (Å²) in [5.41, 5.74) is 3.75. The van der Waals surface area contributed by atoms with Gasteiger partial charge in [-0.2, -0.15) is 0 Å². The van der Waals surface area contributed by atoms with Crippen molar-refractivity contribution in [1.82, 2.24) is 15.2 Å². The fourth-order valence-electron chi connectivity index (χ4n) is 5.57. The lowest BCUT2D eigenvalue weighted by Gasteiger charge is -2.29. The van der Waals surface area contributed by atoms with Crippen molar-refractivity contribution in [2.75, 3.05) is 0 Å². The highest BCUT2D eigenvalue weighted by Gasteiger charge is 2.40. The summed E-state index contributed by atoms with van der Waals surface area (Å²) >= 11 is 0. The molecule has 1 saturated heterocycles. The highest BCUT2D eigenvalue weighted by Crippen LogP contribution is 2.37. The van der Waals surface area contributed by atoms with Gasteiger partial charge in [-0.15, -0.1) is 0 Å². The summed E-state index contributed by atoms with van der Waals surface area (Å²) in [4.78, 5) is 59.0. The molecular weight excluding hydrogens is 472 g/mol. The molecule has 1 aromatic heterocycles. The van der Waals surface area contributed by atoms with Crippen LogP contribution in [-0.2, 0) is 20.9 Å². The number of amides is 3. The summed E-state index contributed by atoms with van der Waals surface area (Å²) in [6.07, 6.45) is 4.26. The normalized spacial score (nSPS) is 22.3. The third-order valence-corrected chi connectivity index (χ3v) is 7.44. The van der Waals surface area contributed by atoms with E-state index in [2.05, 4.69) is 15.3 Å². The van der Waals surface area contributed by atoms with E-state index in [1.807, 2.05) is 30.5 Å². The molecule has 6 rings (SSSR count). The van der Waals surface area contributed by atoms with Gasteiger partial charge >= 0.3 is 0 Å². The van der Waals surface area contributed by atoms with Gasteiger partial charge in [0.25, 0.3) is 5.91 Å². The number of Topliss-reactive ketones (excluding diaryl/α,β-unsaturated/α-hetero) is 1. The van der Waals surface area contributed by atoms with E-state index in [0.717, 1.165) is 16.5 Å². The molecule has 3 N–H and O–H groups in total. The molecule has 3 amide bonds. The minimum Gasteiger partial charge on any atom is -0.511 e. The first-order valence-corrected chi connectivity index (χ1v) is 12.2. The third kappa shape index (κ3) is 3.92. The van der Waals surface area contributed by atoms with Gasteiger partial charge in [-0.3, -0.25) is 29.5 Å². The molecule has 186 valence electrons. The van der Waals surface area contributed by atoms with Crippen LogP contribution in [0.25, 0.3) is 10.9 Å². The number of hydrogen-bond donors (Lipinski definition) is 3. The van der Waals surface area contributed by atoms with Crippen LogP contribution in [0.15, 0.2) is 65.0 Å². The Kier molecular flexibility index (Phi) is 5.48. The number of aromatic nitrogens is 1. The maximum Gasteiger partial charge on any atom is 0.255 e. The van der Waals surface area contributed by atoms with E-state index < -0.39 is 11.9 Å². The number of nitrogens with one attached hydrogen (secondary N) is 2. The van der Waals surface area contributed by atoms with Gasteiger partial charge in [0.05, 0.1) is 11.3 Å². The van der Waals surface area contributed by atoms with Crippen LogP contribution in [0.1, 0.15) is 53.1 Å². The van der Waals surface area contributed by atoms with E-state index in [0.29, 0.717) is 23.2 Å². The molecule has 0 saturated carbocycles. The molecule has 3 aliphatic rings. The molecule has 37 heavy (non-hydrogen) atoms. The zero-order valence-electron chi connectivity index (χ0n) is 19.9. The number of aromatic amines is 1. The number of imide groups is 1. The number of fused-ring (bicyclic) bond motifs is 2. The molecule has 9 heteroatoms. The lowest BCUT2D eigenvalue weighted by Crippen LogP contribution is -2.52. The lowest BCUT2D eigenvalue weighted by atomic mass is 9.82. The SMILES string of the molecule is O=C1CCC(N2Cc3c(N=CC4=C(O)CC(c5cccc6[nH]ccc56)CC4=O)cccc3C2=O)C(=O)N1. The second-order valence-electron chi connectivity index (χ2n) is 9.64. The molecule has 9 nitrogen and oxygen atoms in total. The summed E-state index contributed by atoms with van der Waals surface area (Å²) in [5, 5.41) is 14.1. The Morgan fingerprint density at radius 1 is 1.03 bits per heavy atom. The number of aliphatic hydroxyl groups is 1. The number of nitrogens with zero attached hydrogens (tertiary/aromatic N) is 2. The first-order chi connectivity index (χ1) is 17.9. The van der Waals surface area contributed by atoms with Crippen LogP contribution in [0.2, 0.25) is 0 Å². The molecule has 2 unspecified atom stereocenters. The third-order valence-electron chi connectivity index (χ3n) is 7.44. The molecule has 0 radical (unpaired) electrons. The van der Waals surface area contributed by atoms with Crippen molar-refractivity contribution < 1.29 is 24.3 Å². The highest BCUT2D eigenvalue weighted by atomic mass is 16.3. The van der Waals surface area contributed by atoms with Crippen molar-refractivity contribution in [2.45, 2.75) is 44.2 Å². The molecule has 1 fully saturated rings. The lowest BCUT2D eigenvalue weighted by molar-refractivity contribution is -0.137. The number of H-pyrrole nitrogens is 1. The van der Waals surface area contributed by atoms with E-state index in [1.54, 1.807) is 18.2 Å². The standard InChI is InChI=1S/C28H24N4O5/c33-24-11-15(16-3-1-5-21-17(16)9-10-29-21)12-25(34)19(24)13-30-22-6-2-4-18-20(22)14-32(28(18)37)23-7-8-26(35)31-27(23)36/h1-6,9-10,13,15,23,29,33H,7-8,11-12,14H2,(H,31,35,36). The van der Waals surface area contributed by atoms with Crippen molar-refractivity contribution in [1.29, 1.82) is 0 Å². The Morgan fingerprint density at radius 3 is 2.68 bits per heavy atom. The topological polar surface area (TPSA) is 132 Å². The molecule has 2 aromatic carbocycles. The van der Waals surface area contributed by atoms with Crippen LogP contribution in [0.5, 0.6) is 0 Å². The number of piperidine rings is 1. The summed E-state index contributed by atoms with van der Waals surface area (Å²) < 4.78 is 0. The van der Waals surface area contributed by atoms with Crippen LogP contribution in [0.4, 0.5) is 5.69 Å². The Morgan fingerprint density at radius 2 is 1.86 bits per heavy atom. The first kappa shape index (κ1) is 22.9. The molecule has 3 heterocycles. The number of ketones is 1. The Labute approximate surface area is 211 Å². The number of hydrogen-bond acceptors (Lipinski definition) is 6. The predicted molar refractivity (Wildman–Crippen MR) is 136 cm³/mol. The van der Waals surface area contributed by atoms with Gasteiger partial charge in [-0.25, -0.2) is 0 Å². The maximum atomic E-state index is 13.0. The molecule has 0 bridgehead atoms. The summed E-state index contributed by atoms with van der Waals surface area (Å²) in [6, 6.07) is 12.3. The van der Waals surface area contributed by atoms with Crippen LogP contribution >= 0.6 is 0 Å². The average molecular weight is 497 g/mol. The second kappa shape index (κ2) is 8.85. The van der Waals surface area contributed by atoms with E-state index in [4.69, 9.17) is 0 Å². The van der Waals surface area contributed by atoms with Crippen LogP contribution in [-0.4, -0.2) is 50.8 Å². The van der Waals surface area contributed by atoms with E-state index >= 15 is 0 Å². The molecular formula is C28H24N4O5. The van der Waals surface area contributed by atoms with Gasteiger partial charge < -0.3 is 15.0 Å². The smallest absolute Gasteiger partial charge is 0.255 e. The number of benzene rings is 2. The summed E-state index contributed by atoms with van der Waals surface area (Å²) in [6.45, 7) is 0.176. The predicted octanol–water partition coefficient (Wildman–Crippen LogP) is 3.59. The summed E-state index contributed by atoms with van der Waals surface area (Å²) in [5.74, 6) is -1.45. The molecule has 3 aromatic rings. The van der Waals surface area contributed by atoms with Gasteiger partial charge in [0.2, 0.25) is 11.8 Å². The molecule has 1 aliphatic carbocycles. The fourth-order valence-corrected chi connectivity index (χ4v) is 5.57. The van der Waals surface area contributed by atoms with Crippen molar-refractivity contribution in [3.63, 3.8) is 0 Å². The quantitative estimate of drug-likeness (QED) is 0.375. The minimum absolute atomic E-state index is 0.00800. The van der Waals surface area contributed by atoms with Gasteiger partial charge in [0.1, 0.15) is 11.8 Å². The second-order valence-corrected chi connectivity index (χ2v) is 9.64. The van der Waals surface area contributed by atoms with E-state index in [1.165, 1.54) is 11.1 Å². The van der Waals surface area contributed by atoms with Crippen LogP contribution in [0, 0.1) is 0 Å². The average Bonchev–Trinajstić information content (AvgIpc) is 3.48. The molecule has 2 atom stereocenters. The Bertz CT molecular complexity index is 1550. The number of aliphatic hydroxyl groups excluding tert-OH is 1. The maximum absolute atomic E-state index is 13.0. The number of carbonyl (C=O) groups is 4. The highest BCUT2D eigenvalue weighted by molar-refractivity contribution is 6.15. The van der Waals surface area contributed by atoms with Crippen molar-refractivity contribution in [2.24, 2.45) is 4.99 Å². The monoisotopic (exact) mass is 496 g/mol. The van der Waals surface area contributed by atoms with Crippen molar-refractivity contribution >= 4 is 46.3 Å². The first-order valence-electron chi connectivity index (χ1n) is 12.2. The van der Waals surface area contributed by atoms with Gasteiger partial charge in [0.15, 0.2) is 5.78 Å². The zero-order chi connectivity index (χ0) is 25.7. The fraction of sp³-hybridized carbons (Fsp3) is 0.250. The van der Waals surface area contributed by atoms with Crippen molar-refractivity contribution in [3.05, 3.63) is 76.7 Å². The minimum atomic E-state index is -0.720. The number of carbonyl (C=O) groups excluding carboxylic acids is 4. The molecule has 2 aliphatic heterocycles. The number of allylic oxidation sites excluding steroid dienone is 2. The number of aliphatic imine (C=N–C) groups is 1. The van der Waals surface area contributed by atoms with Crippen molar-refractivity contribution in [3.8, 4) is 0 Å². The zero-order valence-corrected chi connectivity index (χ0v) is 19.9. The van der Waals surface area contributed by atoms with Gasteiger partial charge in [0, 0.05) is 60.2 Å². The molecule has 0 spiro atoms. The van der Waals surface area contributed by atoms with Crippen LogP contribution in [0.3, 0.4) is 0 Å². The number of rotatable bonds is 4.